The van der Waals surface area contributed by atoms with Gasteiger partial charge in [0.2, 0.25) is 5.91 Å². The molecule has 1 heterocycles. The highest BCUT2D eigenvalue weighted by Crippen LogP contribution is 2.27. The average Bonchev–Trinajstić information content (AvgIpc) is 2.91. The minimum Gasteiger partial charge on any atom is -0.376 e. The van der Waals surface area contributed by atoms with Crippen molar-refractivity contribution in [2.45, 2.75) is 44.8 Å². The Kier molecular flexibility index (Phi) is 4.18. The predicted molar refractivity (Wildman–Crippen MR) is 62.2 cm³/mol. The predicted octanol–water partition coefficient (Wildman–Crippen LogP) is 0.670. The Morgan fingerprint density at radius 2 is 2.25 bits per heavy atom. The maximum atomic E-state index is 11.6. The van der Waals surface area contributed by atoms with Gasteiger partial charge in [0.1, 0.15) is 0 Å². The zero-order valence-electron chi connectivity index (χ0n) is 10.00. The molecule has 2 fully saturated rings. The molecule has 4 heteroatoms. The third-order valence-corrected chi connectivity index (χ3v) is 3.33. The van der Waals surface area contributed by atoms with Crippen LogP contribution in [0.5, 0.6) is 0 Å². The van der Waals surface area contributed by atoms with Crippen LogP contribution in [-0.4, -0.2) is 37.7 Å². The summed E-state index contributed by atoms with van der Waals surface area (Å²) in [6, 6.07) is 0.137. The number of carbonyl (C=O) groups is 1. The molecule has 0 radical (unpaired) electrons. The van der Waals surface area contributed by atoms with Crippen molar-refractivity contribution in [3.05, 3.63) is 0 Å². The van der Waals surface area contributed by atoms with Gasteiger partial charge in [-0.1, -0.05) is 0 Å². The highest BCUT2D eigenvalue weighted by molar-refractivity contribution is 5.78. The Hall–Kier alpha value is -0.610. The van der Waals surface area contributed by atoms with Crippen molar-refractivity contribution in [1.82, 2.24) is 10.6 Å². The largest absolute Gasteiger partial charge is 0.376 e. The van der Waals surface area contributed by atoms with E-state index in [4.69, 9.17) is 4.74 Å². The van der Waals surface area contributed by atoms with Crippen LogP contribution in [0, 0.1) is 5.92 Å². The number of ether oxygens (including phenoxy) is 1. The van der Waals surface area contributed by atoms with E-state index in [-0.39, 0.29) is 18.1 Å². The maximum Gasteiger partial charge on any atom is 0.234 e. The Morgan fingerprint density at radius 1 is 1.44 bits per heavy atom. The molecule has 1 aliphatic heterocycles. The molecule has 2 N–H and O–H groups in total. The fourth-order valence-electron chi connectivity index (χ4n) is 2.11. The van der Waals surface area contributed by atoms with E-state index in [2.05, 4.69) is 10.6 Å². The van der Waals surface area contributed by atoms with E-state index in [1.165, 1.54) is 12.8 Å². The lowest BCUT2D eigenvalue weighted by Gasteiger charge is -2.20. The molecule has 1 saturated heterocycles. The molecule has 2 rings (SSSR count). The molecule has 0 spiro atoms. The van der Waals surface area contributed by atoms with E-state index in [1.54, 1.807) is 0 Å². The summed E-state index contributed by atoms with van der Waals surface area (Å²) in [5, 5.41) is 6.18. The standard InChI is InChI=1S/C12H22N2O2/c1-9(11-3-2-6-16-11)14-12(15)8-13-7-10-4-5-10/h9-11,13H,2-8H2,1H3,(H,14,15). The van der Waals surface area contributed by atoms with Gasteiger partial charge in [-0.3, -0.25) is 4.79 Å². The van der Waals surface area contributed by atoms with Gasteiger partial charge >= 0.3 is 0 Å². The molecule has 2 atom stereocenters. The Labute approximate surface area is 97.1 Å². The Bertz CT molecular complexity index is 235. The van der Waals surface area contributed by atoms with Crippen LogP contribution in [0.4, 0.5) is 0 Å². The average molecular weight is 226 g/mol. The number of amides is 1. The Balaban J connectivity index is 1.57. The van der Waals surface area contributed by atoms with Gasteiger partial charge in [0.05, 0.1) is 18.7 Å². The van der Waals surface area contributed by atoms with Gasteiger partial charge in [0.25, 0.3) is 0 Å². The van der Waals surface area contributed by atoms with Crippen molar-refractivity contribution in [3.8, 4) is 0 Å². The van der Waals surface area contributed by atoms with Crippen LogP contribution in [-0.2, 0) is 9.53 Å². The summed E-state index contributed by atoms with van der Waals surface area (Å²) in [5.74, 6) is 0.909. The van der Waals surface area contributed by atoms with Crippen molar-refractivity contribution < 1.29 is 9.53 Å². The second-order valence-electron chi connectivity index (χ2n) is 4.98. The first kappa shape index (κ1) is 11.9. The molecule has 0 bridgehead atoms. The summed E-state index contributed by atoms with van der Waals surface area (Å²) >= 11 is 0. The van der Waals surface area contributed by atoms with E-state index >= 15 is 0 Å². The number of nitrogens with one attached hydrogen (secondary N) is 2. The van der Waals surface area contributed by atoms with Gasteiger partial charge in [-0.15, -0.1) is 0 Å². The molecule has 2 aliphatic rings. The molecule has 0 aromatic carbocycles. The first-order valence-electron chi connectivity index (χ1n) is 6.37. The summed E-state index contributed by atoms with van der Waals surface area (Å²) in [5.41, 5.74) is 0. The molecular weight excluding hydrogens is 204 g/mol. The highest BCUT2D eigenvalue weighted by atomic mass is 16.5. The van der Waals surface area contributed by atoms with Crippen LogP contribution in [0.1, 0.15) is 32.6 Å². The quantitative estimate of drug-likeness (QED) is 0.700. The first-order valence-corrected chi connectivity index (χ1v) is 6.37. The third kappa shape index (κ3) is 3.76. The van der Waals surface area contributed by atoms with E-state index in [1.807, 2.05) is 6.92 Å². The lowest BCUT2D eigenvalue weighted by atomic mass is 10.1. The van der Waals surface area contributed by atoms with Gasteiger partial charge < -0.3 is 15.4 Å². The molecule has 4 nitrogen and oxygen atoms in total. The zero-order chi connectivity index (χ0) is 11.4. The molecule has 0 aromatic rings. The first-order chi connectivity index (χ1) is 7.75. The molecule has 1 aliphatic carbocycles. The van der Waals surface area contributed by atoms with Crippen LogP contribution >= 0.6 is 0 Å². The molecule has 92 valence electrons. The lowest BCUT2D eigenvalue weighted by molar-refractivity contribution is -0.121. The second-order valence-corrected chi connectivity index (χ2v) is 4.98. The fraction of sp³-hybridized carbons (Fsp3) is 0.917. The number of carbonyl (C=O) groups excluding carboxylic acids is 1. The van der Waals surface area contributed by atoms with E-state index in [0.29, 0.717) is 6.54 Å². The van der Waals surface area contributed by atoms with Gasteiger partial charge in [0, 0.05) is 6.61 Å². The van der Waals surface area contributed by atoms with E-state index < -0.39 is 0 Å². The van der Waals surface area contributed by atoms with Gasteiger partial charge in [-0.25, -0.2) is 0 Å². The lowest BCUT2D eigenvalue weighted by Crippen LogP contribution is -2.44. The highest BCUT2D eigenvalue weighted by Gasteiger charge is 2.24. The smallest absolute Gasteiger partial charge is 0.234 e. The minimum atomic E-state index is 0.0867. The fourth-order valence-corrected chi connectivity index (χ4v) is 2.11. The summed E-state index contributed by atoms with van der Waals surface area (Å²) in [6.45, 7) is 4.29. The monoisotopic (exact) mass is 226 g/mol. The van der Waals surface area contributed by atoms with Gasteiger partial charge in [0.15, 0.2) is 0 Å². The van der Waals surface area contributed by atoms with Gasteiger partial charge in [-0.2, -0.15) is 0 Å². The topological polar surface area (TPSA) is 50.4 Å². The maximum absolute atomic E-state index is 11.6. The SMILES string of the molecule is CC(NC(=O)CNCC1CC1)C1CCCO1. The van der Waals surface area contributed by atoms with Crippen LogP contribution in [0.15, 0.2) is 0 Å². The molecule has 2 unspecified atom stereocenters. The summed E-state index contributed by atoms with van der Waals surface area (Å²) < 4.78 is 5.53. The molecule has 1 amide bonds. The van der Waals surface area contributed by atoms with Crippen molar-refractivity contribution in [2.24, 2.45) is 5.92 Å². The Morgan fingerprint density at radius 3 is 2.88 bits per heavy atom. The second kappa shape index (κ2) is 5.64. The molecule has 1 saturated carbocycles. The van der Waals surface area contributed by atoms with Crippen LogP contribution in [0.3, 0.4) is 0 Å². The summed E-state index contributed by atoms with van der Waals surface area (Å²) in [6.07, 6.45) is 5.04. The van der Waals surface area contributed by atoms with Crippen LogP contribution in [0.2, 0.25) is 0 Å². The van der Waals surface area contributed by atoms with Crippen LogP contribution in [0.25, 0.3) is 0 Å². The van der Waals surface area contributed by atoms with Crippen molar-refractivity contribution in [3.63, 3.8) is 0 Å². The molecule has 16 heavy (non-hydrogen) atoms. The van der Waals surface area contributed by atoms with E-state index in [9.17, 15) is 4.79 Å². The van der Waals surface area contributed by atoms with E-state index in [0.717, 1.165) is 31.9 Å². The third-order valence-electron chi connectivity index (χ3n) is 3.33. The zero-order valence-corrected chi connectivity index (χ0v) is 10.00. The van der Waals surface area contributed by atoms with Gasteiger partial charge in [-0.05, 0) is 45.1 Å². The normalized spacial score (nSPS) is 26.7. The summed E-state index contributed by atoms with van der Waals surface area (Å²) in [4.78, 5) is 11.6. The van der Waals surface area contributed by atoms with Crippen molar-refractivity contribution >= 4 is 5.91 Å². The van der Waals surface area contributed by atoms with Crippen molar-refractivity contribution in [2.75, 3.05) is 19.7 Å². The van der Waals surface area contributed by atoms with Crippen molar-refractivity contribution in [1.29, 1.82) is 0 Å². The number of rotatable bonds is 6. The number of hydrogen-bond donors (Lipinski definition) is 2. The molecule has 0 aromatic heterocycles. The minimum absolute atomic E-state index is 0.0867. The van der Waals surface area contributed by atoms with Crippen LogP contribution < -0.4 is 10.6 Å². The summed E-state index contributed by atoms with van der Waals surface area (Å²) in [7, 11) is 0. The molecular formula is C12H22N2O2. The number of hydrogen-bond acceptors (Lipinski definition) is 3.